The van der Waals surface area contributed by atoms with E-state index in [0.29, 0.717) is 0 Å². The monoisotopic (exact) mass is 177 g/mol. The van der Waals surface area contributed by atoms with E-state index in [4.69, 9.17) is 0 Å². The zero-order valence-electron chi connectivity index (χ0n) is 7.40. The molecule has 0 saturated carbocycles. The predicted octanol–water partition coefficient (Wildman–Crippen LogP) is 0.675. The summed E-state index contributed by atoms with van der Waals surface area (Å²) in [5.41, 5.74) is 0. The highest BCUT2D eigenvalue weighted by molar-refractivity contribution is 7.90. The summed E-state index contributed by atoms with van der Waals surface area (Å²) in [6, 6.07) is 0.148. The van der Waals surface area contributed by atoms with Gasteiger partial charge in [-0.15, -0.1) is 0 Å². The molecular formula is C7H15NO2S. The first-order valence-electron chi connectivity index (χ1n) is 3.86. The van der Waals surface area contributed by atoms with E-state index in [-0.39, 0.29) is 17.2 Å². The van der Waals surface area contributed by atoms with E-state index in [9.17, 15) is 8.42 Å². The van der Waals surface area contributed by atoms with Crippen molar-refractivity contribution in [3.05, 3.63) is 0 Å². The Kier molecular flexibility index (Phi) is 2.01. The van der Waals surface area contributed by atoms with Crippen LogP contribution in [0.25, 0.3) is 0 Å². The smallest absolute Gasteiger partial charge is 0.212 e. The number of hydrogen-bond donors (Lipinski definition) is 0. The van der Waals surface area contributed by atoms with Crippen LogP contribution < -0.4 is 0 Å². The maximum Gasteiger partial charge on any atom is 0.217 e. The lowest BCUT2D eigenvalue weighted by Gasteiger charge is -2.14. The summed E-state index contributed by atoms with van der Waals surface area (Å²) in [7, 11) is -1.32. The lowest BCUT2D eigenvalue weighted by atomic mass is 10.0. The second-order valence-electron chi connectivity index (χ2n) is 3.37. The van der Waals surface area contributed by atoms with Crippen LogP contribution in [0.4, 0.5) is 0 Å². The molecule has 0 aromatic carbocycles. The SMILES string of the molecule is CC1C(C)N(C)S(=O)(=O)C1C. The average Bonchev–Trinajstić information content (AvgIpc) is 2.06. The molecule has 3 atom stereocenters. The highest BCUT2D eigenvalue weighted by Crippen LogP contribution is 2.30. The molecule has 1 aliphatic heterocycles. The van der Waals surface area contributed by atoms with Crippen molar-refractivity contribution in [1.29, 1.82) is 0 Å². The van der Waals surface area contributed by atoms with E-state index in [1.807, 2.05) is 13.8 Å². The molecule has 0 amide bonds. The van der Waals surface area contributed by atoms with E-state index in [1.165, 1.54) is 4.31 Å². The van der Waals surface area contributed by atoms with Crippen molar-refractivity contribution in [2.45, 2.75) is 32.1 Å². The predicted molar refractivity (Wildman–Crippen MR) is 44.8 cm³/mol. The topological polar surface area (TPSA) is 37.4 Å². The van der Waals surface area contributed by atoms with E-state index < -0.39 is 10.0 Å². The van der Waals surface area contributed by atoms with Crippen LogP contribution >= 0.6 is 0 Å². The number of sulfonamides is 1. The van der Waals surface area contributed by atoms with E-state index in [2.05, 4.69) is 0 Å². The first kappa shape index (κ1) is 9.00. The highest BCUT2D eigenvalue weighted by Gasteiger charge is 2.43. The molecule has 0 aromatic heterocycles. The van der Waals surface area contributed by atoms with Gasteiger partial charge in [-0.25, -0.2) is 12.7 Å². The van der Waals surface area contributed by atoms with Crippen LogP contribution in [0.2, 0.25) is 0 Å². The molecule has 0 aromatic rings. The number of hydrogen-bond acceptors (Lipinski definition) is 2. The van der Waals surface area contributed by atoms with E-state index >= 15 is 0 Å². The standard InChI is InChI=1S/C7H15NO2S/c1-5-6(2)8(4)11(9,10)7(5)3/h5-7H,1-4H3. The van der Waals surface area contributed by atoms with Gasteiger partial charge in [-0.05, 0) is 19.8 Å². The molecule has 0 radical (unpaired) electrons. The summed E-state index contributed by atoms with van der Waals surface area (Å²) < 4.78 is 24.4. The minimum Gasteiger partial charge on any atom is -0.212 e. The number of rotatable bonds is 0. The third-order valence-corrected chi connectivity index (χ3v) is 5.45. The minimum absolute atomic E-state index is 0.148. The third-order valence-electron chi connectivity index (χ3n) is 2.95. The van der Waals surface area contributed by atoms with Gasteiger partial charge in [0.1, 0.15) is 0 Å². The van der Waals surface area contributed by atoms with Gasteiger partial charge in [0, 0.05) is 13.1 Å². The van der Waals surface area contributed by atoms with E-state index in [0.717, 1.165) is 0 Å². The molecule has 11 heavy (non-hydrogen) atoms. The minimum atomic E-state index is -2.97. The number of nitrogens with zero attached hydrogens (tertiary/aromatic N) is 1. The van der Waals surface area contributed by atoms with E-state index in [1.54, 1.807) is 14.0 Å². The molecule has 1 heterocycles. The molecule has 1 saturated heterocycles. The Balaban J connectivity index is 3.06. The van der Waals surface area contributed by atoms with Crippen molar-refractivity contribution in [2.24, 2.45) is 5.92 Å². The quantitative estimate of drug-likeness (QED) is 0.545. The van der Waals surface area contributed by atoms with Crippen LogP contribution in [0.1, 0.15) is 20.8 Å². The molecular weight excluding hydrogens is 162 g/mol. The van der Waals surface area contributed by atoms with Gasteiger partial charge in [-0.3, -0.25) is 0 Å². The zero-order valence-corrected chi connectivity index (χ0v) is 8.22. The fraction of sp³-hybridized carbons (Fsp3) is 1.00. The van der Waals surface area contributed by atoms with Gasteiger partial charge in [0.15, 0.2) is 0 Å². The van der Waals surface area contributed by atoms with Gasteiger partial charge in [0.2, 0.25) is 10.0 Å². The van der Waals surface area contributed by atoms with Crippen LogP contribution in [-0.4, -0.2) is 31.1 Å². The fourth-order valence-corrected chi connectivity index (χ4v) is 3.44. The summed E-state index contributed by atoms with van der Waals surface area (Å²) in [4.78, 5) is 0. The Bertz CT molecular complexity index is 227. The largest absolute Gasteiger partial charge is 0.217 e. The Morgan fingerprint density at radius 1 is 1.18 bits per heavy atom. The molecule has 0 bridgehead atoms. The van der Waals surface area contributed by atoms with Gasteiger partial charge in [-0.1, -0.05) is 6.92 Å². The second kappa shape index (κ2) is 2.45. The van der Waals surface area contributed by atoms with Crippen LogP contribution in [0.3, 0.4) is 0 Å². The van der Waals surface area contributed by atoms with Gasteiger partial charge < -0.3 is 0 Å². The molecule has 1 rings (SSSR count). The van der Waals surface area contributed by atoms with Crippen LogP contribution in [0.5, 0.6) is 0 Å². The van der Waals surface area contributed by atoms with Crippen LogP contribution in [0.15, 0.2) is 0 Å². The average molecular weight is 177 g/mol. The van der Waals surface area contributed by atoms with Crippen molar-refractivity contribution in [2.75, 3.05) is 7.05 Å². The highest BCUT2D eigenvalue weighted by atomic mass is 32.2. The first-order valence-corrected chi connectivity index (χ1v) is 5.36. The Morgan fingerprint density at radius 3 is 1.73 bits per heavy atom. The zero-order chi connectivity index (χ0) is 8.81. The molecule has 0 N–H and O–H groups in total. The van der Waals surface area contributed by atoms with Crippen molar-refractivity contribution >= 4 is 10.0 Å². The molecule has 3 unspecified atom stereocenters. The Labute approximate surface area is 68.4 Å². The lowest BCUT2D eigenvalue weighted by molar-refractivity contribution is 0.352. The molecule has 3 nitrogen and oxygen atoms in total. The maximum atomic E-state index is 11.4. The Hall–Kier alpha value is -0.0900. The molecule has 0 aliphatic carbocycles. The van der Waals surface area contributed by atoms with Gasteiger partial charge in [-0.2, -0.15) is 0 Å². The fourth-order valence-electron chi connectivity index (χ4n) is 1.49. The van der Waals surface area contributed by atoms with Crippen molar-refractivity contribution < 1.29 is 8.42 Å². The maximum absolute atomic E-state index is 11.4. The summed E-state index contributed by atoms with van der Waals surface area (Å²) in [6.45, 7) is 5.71. The van der Waals surface area contributed by atoms with Crippen LogP contribution in [-0.2, 0) is 10.0 Å². The molecule has 66 valence electrons. The van der Waals surface area contributed by atoms with Gasteiger partial charge >= 0.3 is 0 Å². The van der Waals surface area contributed by atoms with Gasteiger partial charge in [0.25, 0.3) is 0 Å². The van der Waals surface area contributed by atoms with Crippen molar-refractivity contribution in [3.63, 3.8) is 0 Å². The third kappa shape index (κ3) is 1.08. The second-order valence-corrected chi connectivity index (χ2v) is 5.72. The summed E-state index contributed by atoms with van der Waals surface area (Å²) >= 11 is 0. The van der Waals surface area contributed by atoms with Gasteiger partial charge in [0.05, 0.1) is 5.25 Å². The summed E-state index contributed by atoms with van der Waals surface area (Å²) in [5.74, 6) is 0.241. The van der Waals surface area contributed by atoms with Crippen molar-refractivity contribution in [1.82, 2.24) is 4.31 Å². The normalized spacial score (nSPS) is 44.5. The van der Waals surface area contributed by atoms with Crippen molar-refractivity contribution in [3.8, 4) is 0 Å². The van der Waals surface area contributed by atoms with Crippen LogP contribution in [0, 0.1) is 5.92 Å². The molecule has 0 spiro atoms. The Morgan fingerprint density at radius 2 is 1.64 bits per heavy atom. The summed E-state index contributed by atoms with van der Waals surface area (Å²) in [6.07, 6.45) is 0. The first-order chi connectivity index (χ1) is 4.89. The molecule has 1 aliphatic rings. The molecule has 4 heteroatoms. The summed E-state index contributed by atoms with van der Waals surface area (Å²) in [5, 5.41) is -0.220. The molecule has 1 fully saturated rings. The lowest BCUT2D eigenvalue weighted by Crippen LogP contribution is -2.28.